The van der Waals surface area contributed by atoms with Crippen LogP contribution in [0.25, 0.3) is 10.9 Å². The lowest BCUT2D eigenvalue weighted by Crippen LogP contribution is -2.54. The van der Waals surface area contributed by atoms with E-state index in [1.54, 1.807) is 50.4 Å². The molecular formula is C29H28ClN5O5S. The molecule has 12 heteroatoms. The van der Waals surface area contributed by atoms with Crippen molar-refractivity contribution in [2.24, 2.45) is 5.73 Å². The molecule has 2 unspecified atom stereocenters. The van der Waals surface area contributed by atoms with Gasteiger partial charge in [-0.15, -0.1) is 0 Å². The zero-order valence-corrected chi connectivity index (χ0v) is 23.8. The van der Waals surface area contributed by atoms with E-state index in [0.717, 1.165) is 20.8 Å². The van der Waals surface area contributed by atoms with Crippen molar-refractivity contribution in [2.75, 3.05) is 9.62 Å². The lowest BCUT2D eigenvalue weighted by Gasteiger charge is -2.37. The summed E-state index contributed by atoms with van der Waals surface area (Å²) in [7, 11) is -4.35. The van der Waals surface area contributed by atoms with Gasteiger partial charge in [0.1, 0.15) is 12.1 Å². The molecule has 0 aliphatic carbocycles. The van der Waals surface area contributed by atoms with Crippen molar-refractivity contribution in [1.29, 1.82) is 0 Å². The van der Waals surface area contributed by atoms with Crippen LogP contribution in [0.1, 0.15) is 23.1 Å². The number of hydrogen-bond acceptors (Lipinski definition) is 5. The fourth-order valence-electron chi connectivity index (χ4n) is 5.04. The first-order chi connectivity index (χ1) is 19.5. The Morgan fingerprint density at radius 3 is 2.54 bits per heavy atom. The molecule has 1 aliphatic rings. The van der Waals surface area contributed by atoms with E-state index in [1.165, 1.54) is 6.07 Å². The van der Waals surface area contributed by atoms with Gasteiger partial charge in [-0.3, -0.25) is 18.7 Å². The molecule has 5 rings (SSSR count). The van der Waals surface area contributed by atoms with E-state index in [0.29, 0.717) is 16.1 Å². The molecule has 3 amide bonds. The second-order valence-electron chi connectivity index (χ2n) is 9.98. The number of H-pyrrole nitrogens is 1. The van der Waals surface area contributed by atoms with Crippen molar-refractivity contribution in [1.82, 2.24) is 10.3 Å². The van der Waals surface area contributed by atoms with E-state index in [2.05, 4.69) is 15.6 Å². The first-order valence-electron chi connectivity index (χ1n) is 12.8. The van der Waals surface area contributed by atoms with Crippen LogP contribution in [0.5, 0.6) is 0 Å². The molecule has 2 atom stereocenters. The first-order valence-corrected chi connectivity index (χ1v) is 14.6. The summed E-state index contributed by atoms with van der Waals surface area (Å²) >= 11 is 6.22. The number of nitrogens with one attached hydrogen (secondary N) is 3. The summed E-state index contributed by atoms with van der Waals surface area (Å²) in [5, 5.41) is 6.58. The van der Waals surface area contributed by atoms with Gasteiger partial charge in [0.2, 0.25) is 17.7 Å². The number of carbonyl (C=O) groups is 3. The highest BCUT2D eigenvalue weighted by Gasteiger charge is 2.43. The molecule has 41 heavy (non-hydrogen) atoms. The van der Waals surface area contributed by atoms with Crippen molar-refractivity contribution in [3.05, 3.63) is 88.6 Å². The Bertz CT molecular complexity index is 1800. The highest BCUT2D eigenvalue weighted by molar-refractivity contribution is 7.93. The number of carbonyl (C=O) groups excluding carboxylic acids is 3. The summed E-state index contributed by atoms with van der Waals surface area (Å²) in [6.07, 6.45) is 1.29. The summed E-state index contributed by atoms with van der Waals surface area (Å²) in [4.78, 5) is 42.0. The monoisotopic (exact) mass is 593 g/mol. The molecule has 4 aromatic rings. The minimum atomic E-state index is -4.35. The zero-order chi connectivity index (χ0) is 29.5. The topological polar surface area (TPSA) is 154 Å². The number of fused-ring (bicyclic) bond motifs is 2. The highest BCUT2D eigenvalue weighted by atomic mass is 35.5. The maximum atomic E-state index is 14.1. The molecule has 2 heterocycles. The van der Waals surface area contributed by atoms with Crippen LogP contribution in [0.15, 0.2) is 71.8 Å². The standard InChI is InChI=1S/C29H28ClN5O5S/c1-16-12-26(17(2)11-20(16)30)41(39,40)35-24-10-6-5-9-22(24)34-29(38)25(35)14-27(36)33-23(28(31)37)13-18-15-32-21-8-4-3-7-19(18)21/h3-12,15,23,25,32H,13-14H2,1-2H3,(H2,31,37)(H,33,36)(H,34,38). The number of halogens is 1. The van der Waals surface area contributed by atoms with E-state index in [4.69, 9.17) is 17.3 Å². The number of benzene rings is 3. The molecule has 10 nitrogen and oxygen atoms in total. The third-order valence-electron chi connectivity index (χ3n) is 7.13. The second kappa shape index (κ2) is 10.9. The lowest BCUT2D eigenvalue weighted by atomic mass is 10.0. The van der Waals surface area contributed by atoms with E-state index >= 15 is 0 Å². The summed E-state index contributed by atoms with van der Waals surface area (Å²) in [6.45, 7) is 3.29. The van der Waals surface area contributed by atoms with E-state index in [9.17, 15) is 22.8 Å². The number of hydrogen-bond donors (Lipinski definition) is 4. The molecule has 3 aromatic carbocycles. The van der Waals surface area contributed by atoms with Crippen LogP contribution >= 0.6 is 11.6 Å². The summed E-state index contributed by atoms with van der Waals surface area (Å²) in [5.41, 5.74) is 8.69. The predicted molar refractivity (Wildman–Crippen MR) is 157 cm³/mol. The molecule has 0 bridgehead atoms. The third kappa shape index (κ3) is 5.38. The predicted octanol–water partition coefficient (Wildman–Crippen LogP) is 3.56. The maximum absolute atomic E-state index is 14.1. The first kappa shape index (κ1) is 28.2. The van der Waals surface area contributed by atoms with Gasteiger partial charge in [0.05, 0.1) is 22.7 Å². The van der Waals surface area contributed by atoms with E-state index in [1.807, 2.05) is 24.3 Å². The Kier molecular flexibility index (Phi) is 7.50. The van der Waals surface area contributed by atoms with Crippen LogP contribution < -0.4 is 20.7 Å². The Labute approximate surface area is 241 Å². The van der Waals surface area contributed by atoms with Crippen LogP contribution in [0, 0.1) is 13.8 Å². The highest BCUT2D eigenvalue weighted by Crippen LogP contribution is 2.38. The van der Waals surface area contributed by atoms with Gasteiger partial charge >= 0.3 is 0 Å². The van der Waals surface area contributed by atoms with Gasteiger partial charge < -0.3 is 21.4 Å². The molecule has 5 N–H and O–H groups in total. The molecule has 0 radical (unpaired) electrons. The van der Waals surface area contributed by atoms with Gasteiger partial charge in [0, 0.05) is 28.5 Å². The Balaban J connectivity index is 1.47. The second-order valence-corrected chi connectivity index (χ2v) is 12.2. The van der Waals surface area contributed by atoms with Crippen molar-refractivity contribution in [3.8, 4) is 0 Å². The lowest BCUT2D eigenvalue weighted by molar-refractivity contribution is -0.128. The van der Waals surface area contributed by atoms with Gasteiger partial charge in [-0.25, -0.2) is 8.42 Å². The SMILES string of the molecule is Cc1cc(S(=O)(=O)N2c3ccccc3NC(=O)C2CC(=O)NC(Cc2c[nH]c3ccccc23)C(N)=O)c(C)cc1Cl. The Morgan fingerprint density at radius 2 is 1.78 bits per heavy atom. The van der Waals surface area contributed by atoms with Gasteiger partial charge in [-0.05, 0) is 60.9 Å². The summed E-state index contributed by atoms with van der Waals surface area (Å²) in [6, 6.07) is 14.4. The number of amides is 3. The van der Waals surface area contributed by atoms with Crippen LogP contribution in [-0.2, 0) is 30.8 Å². The number of anilines is 2. The number of sulfonamides is 1. The van der Waals surface area contributed by atoms with Crippen molar-refractivity contribution in [2.45, 2.75) is 43.7 Å². The molecule has 1 aromatic heterocycles. The van der Waals surface area contributed by atoms with E-state index < -0.39 is 46.2 Å². The van der Waals surface area contributed by atoms with Crippen LogP contribution in [-0.4, -0.2) is 43.2 Å². The minimum Gasteiger partial charge on any atom is -0.368 e. The number of nitrogens with two attached hydrogens (primary N) is 1. The number of aryl methyl sites for hydroxylation is 2. The number of aromatic amines is 1. The normalized spacial score (nSPS) is 15.7. The Morgan fingerprint density at radius 1 is 1.07 bits per heavy atom. The van der Waals surface area contributed by atoms with Crippen LogP contribution in [0.4, 0.5) is 11.4 Å². The molecule has 0 saturated heterocycles. The molecule has 0 fully saturated rings. The average Bonchev–Trinajstić information content (AvgIpc) is 3.33. The average molecular weight is 594 g/mol. The Hall–Kier alpha value is -4.35. The van der Waals surface area contributed by atoms with Gasteiger partial charge in [-0.2, -0.15) is 0 Å². The number of nitrogens with zero attached hydrogens (tertiary/aromatic N) is 1. The van der Waals surface area contributed by atoms with Crippen molar-refractivity contribution in [3.63, 3.8) is 0 Å². The molecule has 0 saturated carbocycles. The maximum Gasteiger partial charge on any atom is 0.265 e. The summed E-state index contributed by atoms with van der Waals surface area (Å²) < 4.78 is 29.2. The van der Waals surface area contributed by atoms with Crippen LogP contribution in [0.3, 0.4) is 0 Å². The molecule has 212 valence electrons. The quantitative estimate of drug-likeness (QED) is 0.246. The minimum absolute atomic E-state index is 0.0383. The number of aromatic nitrogens is 1. The van der Waals surface area contributed by atoms with Gasteiger partial charge in [0.25, 0.3) is 10.0 Å². The zero-order valence-electron chi connectivity index (χ0n) is 22.3. The largest absolute Gasteiger partial charge is 0.368 e. The van der Waals surface area contributed by atoms with Crippen LogP contribution in [0.2, 0.25) is 5.02 Å². The van der Waals surface area contributed by atoms with Gasteiger partial charge in [0.15, 0.2) is 0 Å². The fraction of sp³-hybridized carbons (Fsp3) is 0.207. The third-order valence-corrected chi connectivity index (χ3v) is 9.51. The van der Waals surface area contributed by atoms with Gasteiger partial charge in [-0.1, -0.05) is 41.9 Å². The number of rotatable bonds is 8. The van der Waals surface area contributed by atoms with Crippen molar-refractivity contribution >= 4 is 61.6 Å². The summed E-state index contributed by atoms with van der Waals surface area (Å²) in [5.74, 6) is -2.16. The molecular weight excluding hydrogens is 566 g/mol. The molecule has 1 aliphatic heterocycles. The number of para-hydroxylation sites is 3. The fourth-order valence-corrected chi connectivity index (χ4v) is 7.19. The molecule has 0 spiro atoms. The smallest absolute Gasteiger partial charge is 0.265 e. The van der Waals surface area contributed by atoms with E-state index in [-0.39, 0.29) is 22.7 Å². The van der Waals surface area contributed by atoms with Crippen molar-refractivity contribution < 1.29 is 22.8 Å². The number of primary amides is 1.